The average Bonchev–Trinajstić information content (AvgIpc) is 2.78. The molecule has 0 radical (unpaired) electrons. The van der Waals surface area contributed by atoms with Crippen molar-refractivity contribution in [3.05, 3.63) is 29.3 Å². The van der Waals surface area contributed by atoms with E-state index in [2.05, 4.69) is 15.2 Å². The Balaban J connectivity index is 1.49. The van der Waals surface area contributed by atoms with Gasteiger partial charge in [-0.2, -0.15) is 0 Å². The van der Waals surface area contributed by atoms with Gasteiger partial charge in [-0.3, -0.25) is 4.79 Å². The van der Waals surface area contributed by atoms with Crippen LogP contribution in [0.5, 0.6) is 0 Å². The van der Waals surface area contributed by atoms with E-state index in [1.54, 1.807) is 11.3 Å². The Bertz CT molecular complexity index is 646. The Kier molecular flexibility index (Phi) is 3.39. The molecule has 5 heteroatoms. The third-order valence-electron chi connectivity index (χ3n) is 4.68. The van der Waals surface area contributed by atoms with E-state index in [0.29, 0.717) is 5.69 Å². The number of rotatable bonds is 2. The van der Waals surface area contributed by atoms with E-state index in [1.807, 2.05) is 23.6 Å². The van der Waals surface area contributed by atoms with Crippen molar-refractivity contribution in [2.24, 2.45) is 5.92 Å². The topological polar surface area (TPSA) is 45.2 Å². The molecule has 110 valence electrons. The molecule has 0 spiro atoms. The molecule has 3 aliphatic rings. The zero-order valence-electron chi connectivity index (χ0n) is 11.9. The van der Waals surface area contributed by atoms with E-state index in [0.717, 1.165) is 29.1 Å². The van der Waals surface area contributed by atoms with Crippen LogP contribution in [0.25, 0.3) is 10.2 Å². The maximum Gasteiger partial charge on any atom is 0.270 e. The van der Waals surface area contributed by atoms with Gasteiger partial charge in [-0.15, -0.1) is 11.3 Å². The van der Waals surface area contributed by atoms with Gasteiger partial charge in [0, 0.05) is 12.6 Å². The molecule has 1 amide bonds. The molecule has 2 bridgehead atoms. The molecule has 5 heterocycles. The number of hydrogen-bond donors (Lipinski definition) is 1. The number of pyridine rings is 1. The van der Waals surface area contributed by atoms with Crippen molar-refractivity contribution < 1.29 is 4.79 Å². The largest absolute Gasteiger partial charge is 0.347 e. The number of carbonyl (C=O) groups excluding carboxylic acids is 1. The van der Waals surface area contributed by atoms with Gasteiger partial charge < -0.3 is 10.2 Å². The second-order valence-corrected chi connectivity index (χ2v) is 7.10. The Morgan fingerprint density at radius 1 is 1.29 bits per heavy atom. The third-order valence-corrected chi connectivity index (χ3v) is 5.55. The van der Waals surface area contributed by atoms with E-state index in [-0.39, 0.29) is 11.9 Å². The molecule has 2 aromatic rings. The van der Waals surface area contributed by atoms with Crippen molar-refractivity contribution in [1.29, 1.82) is 0 Å². The first-order chi connectivity index (χ1) is 10.3. The second-order valence-electron chi connectivity index (χ2n) is 6.15. The van der Waals surface area contributed by atoms with E-state index in [9.17, 15) is 4.79 Å². The number of carbonyl (C=O) groups is 1. The Morgan fingerprint density at radius 2 is 2.14 bits per heavy atom. The van der Waals surface area contributed by atoms with Crippen LogP contribution in [0, 0.1) is 5.92 Å². The fourth-order valence-electron chi connectivity index (χ4n) is 3.54. The molecular formula is C16H19N3OS. The molecule has 0 aliphatic carbocycles. The highest BCUT2D eigenvalue weighted by molar-refractivity contribution is 7.17. The van der Waals surface area contributed by atoms with Crippen LogP contribution in [-0.4, -0.2) is 41.5 Å². The lowest BCUT2D eigenvalue weighted by atomic mass is 9.94. The van der Waals surface area contributed by atoms with Crippen LogP contribution >= 0.6 is 11.3 Å². The van der Waals surface area contributed by atoms with Crippen molar-refractivity contribution >= 4 is 27.5 Å². The Hall–Kier alpha value is -1.46. The van der Waals surface area contributed by atoms with Crippen LogP contribution in [0.4, 0.5) is 0 Å². The Morgan fingerprint density at radius 3 is 3.00 bits per heavy atom. The number of hydrogen-bond acceptors (Lipinski definition) is 4. The van der Waals surface area contributed by atoms with Gasteiger partial charge in [-0.1, -0.05) is 0 Å². The molecule has 3 fully saturated rings. The van der Waals surface area contributed by atoms with E-state index >= 15 is 0 Å². The van der Waals surface area contributed by atoms with Crippen LogP contribution in [0.2, 0.25) is 0 Å². The highest BCUT2D eigenvalue weighted by Gasteiger charge is 2.30. The molecule has 3 aliphatic heterocycles. The van der Waals surface area contributed by atoms with Crippen LogP contribution < -0.4 is 5.32 Å². The zero-order valence-corrected chi connectivity index (χ0v) is 12.7. The summed E-state index contributed by atoms with van der Waals surface area (Å²) in [7, 11) is 0. The SMILES string of the molecule is O=C(NC1CC2CCN(CC2)C1)c1ccc2sccc2n1. The van der Waals surface area contributed by atoms with Gasteiger partial charge >= 0.3 is 0 Å². The number of aromatic nitrogens is 1. The van der Waals surface area contributed by atoms with E-state index in [4.69, 9.17) is 0 Å². The summed E-state index contributed by atoms with van der Waals surface area (Å²) in [6, 6.07) is 6.06. The summed E-state index contributed by atoms with van der Waals surface area (Å²) in [4.78, 5) is 19.4. The fraction of sp³-hybridized carbons (Fsp3) is 0.500. The molecule has 2 aromatic heterocycles. The number of amides is 1. The van der Waals surface area contributed by atoms with Crippen molar-refractivity contribution in [2.75, 3.05) is 19.6 Å². The van der Waals surface area contributed by atoms with E-state index < -0.39 is 0 Å². The number of fused-ring (bicyclic) bond motifs is 5. The first-order valence-electron chi connectivity index (χ1n) is 7.65. The van der Waals surface area contributed by atoms with Gasteiger partial charge in [0.15, 0.2) is 0 Å². The quantitative estimate of drug-likeness (QED) is 0.927. The van der Waals surface area contributed by atoms with Gasteiger partial charge in [0.2, 0.25) is 0 Å². The summed E-state index contributed by atoms with van der Waals surface area (Å²) in [5.41, 5.74) is 1.45. The number of thiophene rings is 1. The monoisotopic (exact) mass is 301 g/mol. The van der Waals surface area contributed by atoms with Crippen LogP contribution in [0.3, 0.4) is 0 Å². The lowest BCUT2D eigenvalue weighted by Crippen LogP contribution is -2.42. The van der Waals surface area contributed by atoms with Gasteiger partial charge in [-0.05, 0) is 61.8 Å². The minimum absolute atomic E-state index is 0.0319. The molecule has 0 saturated carbocycles. The standard InChI is InChI=1S/C16H19N3OS/c20-16(14-1-2-15-13(18-14)5-8-21-15)17-12-9-11-3-6-19(10-12)7-4-11/h1-2,5,8,11-12H,3-4,6-7,9-10H2,(H,17,20). The number of piperidine rings is 1. The minimum atomic E-state index is -0.0319. The van der Waals surface area contributed by atoms with Gasteiger partial charge in [0.05, 0.1) is 10.2 Å². The predicted molar refractivity (Wildman–Crippen MR) is 84.7 cm³/mol. The van der Waals surface area contributed by atoms with Crippen LogP contribution in [-0.2, 0) is 0 Å². The molecule has 3 saturated heterocycles. The smallest absolute Gasteiger partial charge is 0.270 e. The summed E-state index contributed by atoms with van der Waals surface area (Å²) in [6.07, 6.45) is 3.68. The minimum Gasteiger partial charge on any atom is -0.347 e. The highest BCUT2D eigenvalue weighted by atomic mass is 32.1. The molecular weight excluding hydrogens is 282 g/mol. The van der Waals surface area contributed by atoms with E-state index in [1.165, 1.54) is 25.9 Å². The normalized spacial score (nSPS) is 28.5. The summed E-state index contributed by atoms with van der Waals surface area (Å²) in [5, 5.41) is 5.20. The second kappa shape index (κ2) is 5.39. The fourth-order valence-corrected chi connectivity index (χ4v) is 4.26. The Labute approximate surface area is 128 Å². The summed E-state index contributed by atoms with van der Waals surface area (Å²) >= 11 is 1.65. The van der Waals surface area contributed by atoms with Crippen molar-refractivity contribution in [2.45, 2.75) is 25.3 Å². The maximum atomic E-state index is 12.4. The van der Waals surface area contributed by atoms with Crippen molar-refractivity contribution in [3.63, 3.8) is 0 Å². The van der Waals surface area contributed by atoms with Gasteiger partial charge in [0.1, 0.15) is 5.69 Å². The first kappa shape index (κ1) is 13.2. The van der Waals surface area contributed by atoms with Gasteiger partial charge in [0.25, 0.3) is 5.91 Å². The van der Waals surface area contributed by atoms with Crippen LogP contribution in [0.1, 0.15) is 29.8 Å². The molecule has 5 rings (SSSR count). The molecule has 21 heavy (non-hydrogen) atoms. The average molecular weight is 301 g/mol. The molecule has 1 unspecified atom stereocenters. The first-order valence-corrected chi connectivity index (χ1v) is 8.53. The lowest BCUT2D eigenvalue weighted by Gasteiger charge is -2.26. The summed E-state index contributed by atoms with van der Waals surface area (Å²) in [6.45, 7) is 3.37. The third kappa shape index (κ3) is 2.68. The van der Waals surface area contributed by atoms with Crippen molar-refractivity contribution in [1.82, 2.24) is 15.2 Å². The number of nitrogens with one attached hydrogen (secondary N) is 1. The summed E-state index contributed by atoms with van der Waals surface area (Å²) < 4.78 is 1.13. The molecule has 4 nitrogen and oxygen atoms in total. The predicted octanol–water partition coefficient (Wildman–Crippen LogP) is 2.51. The van der Waals surface area contributed by atoms with Crippen LogP contribution in [0.15, 0.2) is 23.6 Å². The molecule has 1 atom stereocenters. The highest BCUT2D eigenvalue weighted by Crippen LogP contribution is 2.27. The summed E-state index contributed by atoms with van der Waals surface area (Å²) in [5.74, 6) is 0.747. The lowest BCUT2D eigenvalue weighted by molar-refractivity contribution is 0.0924. The maximum absolute atomic E-state index is 12.4. The molecule has 1 N–H and O–H groups in total. The molecule has 0 aromatic carbocycles. The van der Waals surface area contributed by atoms with Crippen molar-refractivity contribution in [3.8, 4) is 0 Å². The van der Waals surface area contributed by atoms with Gasteiger partial charge in [-0.25, -0.2) is 4.98 Å². The zero-order chi connectivity index (χ0) is 14.2. The number of nitrogens with zero attached hydrogens (tertiary/aromatic N) is 2.